The maximum Gasteiger partial charge on any atom is 0.132 e. The Bertz CT molecular complexity index is 827. The van der Waals surface area contributed by atoms with Gasteiger partial charge in [0.1, 0.15) is 18.1 Å². The number of aryl methyl sites for hydroxylation is 2. The number of hydrogen-bond acceptors (Lipinski definition) is 3. The van der Waals surface area contributed by atoms with Gasteiger partial charge in [-0.25, -0.2) is 0 Å². The lowest BCUT2D eigenvalue weighted by molar-refractivity contribution is 0.298. The highest BCUT2D eigenvalue weighted by Gasteiger charge is 2.20. The molecular weight excluding hydrogens is 322 g/mol. The molecule has 4 rings (SSSR count). The maximum absolute atomic E-state index is 5.94. The van der Waals surface area contributed by atoms with Crippen LogP contribution in [0.3, 0.4) is 0 Å². The molecule has 3 aromatic rings. The van der Waals surface area contributed by atoms with Gasteiger partial charge in [0.15, 0.2) is 0 Å². The zero-order chi connectivity index (χ0) is 17.6. The molecule has 0 saturated carbocycles. The Morgan fingerprint density at radius 1 is 1.00 bits per heavy atom. The Morgan fingerprint density at radius 3 is 2.58 bits per heavy atom. The molecule has 0 unspecified atom stereocenters. The third-order valence-corrected chi connectivity index (χ3v) is 4.89. The number of para-hydroxylation sites is 1. The van der Waals surface area contributed by atoms with Crippen molar-refractivity contribution < 1.29 is 4.74 Å². The molecule has 0 spiro atoms. The third-order valence-electron chi connectivity index (χ3n) is 4.89. The zero-order valence-electron chi connectivity index (χ0n) is 15.0. The fourth-order valence-corrected chi connectivity index (χ4v) is 3.54. The summed E-state index contributed by atoms with van der Waals surface area (Å²) in [6.45, 7) is 3.40. The maximum atomic E-state index is 5.94. The average molecular weight is 347 g/mol. The minimum Gasteiger partial charge on any atom is -0.487 e. The Kier molecular flexibility index (Phi) is 5.31. The highest BCUT2D eigenvalue weighted by atomic mass is 16.5. The van der Waals surface area contributed by atoms with Crippen LogP contribution in [-0.2, 0) is 32.5 Å². The summed E-state index contributed by atoms with van der Waals surface area (Å²) >= 11 is 0. The molecule has 0 atom stereocenters. The molecule has 0 aliphatic carbocycles. The second-order valence-corrected chi connectivity index (χ2v) is 6.71. The number of benzene rings is 2. The van der Waals surface area contributed by atoms with Crippen molar-refractivity contribution in [2.75, 3.05) is 6.54 Å². The number of fused-ring (bicyclic) bond motifs is 1. The van der Waals surface area contributed by atoms with Gasteiger partial charge < -0.3 is 10.1 Å². The lowest BCUT2D eigenvalue weighted by atomic mass is 10.1. The second-order valence-electron chi connectivity index (χ2n) is 6.71. The quantitative estimate of drug-likeness (QED) is 0.708. The van der Waals surface area contributed by atoms with Crippen LogP contribution in [0.4, 0.5) is 0 Å². The first kappa shape index (κ1) is 16.9. The first-order chi connectivity index (χ1) is 12.9. The molecule has 1 aromatic heterocycles. The molecule has 2 heterocycles. The van der Waals surface area contributed by atoms with E-state index < -0.39 is 0 Å². The molecule has 1 N–H and O–H groups in total. The number of rotatable bonds is 7. The van der Waals surface area contributed by atoms with E-state index in [0.29, 0.717) is 6.61 Å². The second kappa shape index (κ2) is 8.19. The van der Waals surface area contributed by atoms with E-state index in [1.807, 2.05) is 30.3 Å². The number of hydrogen-bond donors (Lipinski definition) is 1. The Labute approximate surface area is 154 Å². The van der Waals surface area contributed by atoms with Gasteiger partial charge in [0.25, 0.3) is 0 Å². The summed E-state index contributed by atoms with van der Waals surface area (Å²) in [6.07, 6.45) is 3.23. The van der Waals surface area contributed by atoms with Crippen LogP contribution in [0.1, 0.15) is 28.9 Å². The topological polar surface area (TPSA) is 39.1 Å². The number of nitrogens with zero attached hydrogens (tertiary/aromatic N) is 2. The molecule has 134 valence electrons. The van der Waals surface area contributed by atoms with E-state index in [1.165, 1.54) is 16.8 Å². The van der Waals surface area contributed by atoms with Gasteiger partial charge in [-0.05, 0) is 30.5 Å². The molecule has 26 heavy (non-hydrogen) atoms. The summed E-state index contributed by atoms with van der Waals surface area (Å²) in [6, 6.07) is 20.6. The van der Waals surface area contributed by atoms with E-state index in [9.17, 15) is 0 Å². The smallest absolute Gasteiger partial charge is 0.132 e. The number of ether oxygens (including phenoxy) is 1. The van der Waals surface area contributed by atoms with E-state index in [1.54, 1.807) is 0 Å². The van der Waals surface area contributed by atoms with Crippen molar-refractivity contribution in [3.8, 4) is 5.75 Å². The van der Waals surface area contributed by atoms with E-state index >= 15 is 0 Å². The molecular formula is C22H25N3O. The van der Waals surface area contributed by atoms with Crippen molar-refractivity contribution in [3.63, 3.8) is 0 Å². The van der Waals surface area contributed by atoms with E-state index in [2.05, 4.69) is 40.3 Å². The Balaban J connectivity index is 1.44. The molecule has 1 aliphatic heterocycles. The number of nitrogens with one attached hydrogen (secondary N) is 1. The van der Waals surface area contributed by atoms with Gasteiger partial charge in [0, 0.05) is 37.3 Å². The van der Waals surface area contributed by atoms with E-state index in [0.717, 1.165) is 50.3 Å². The van der Waals surface area contributed by atoms with Crippen molar-refractivity contribution in [1.29, 1.82) is 0 Å². The van der Waals surface area contributed by atoms with Gasteiger partial charge in [-0.1, -0.05) is 48.5 Å². The van der Waals surface area contributed by atoms with E-state index in [-0.39, 0.29) is 0 Å². The summed E-state index contributed by atoms with van der Waals surface area (Å²) in [5.74, 6) is 0.892. The Hall–Kier alpha value is -2.59. The van der Waals surface area contributed by atoms with Crippen LogP contribution in [0.25, 0.3) is 0 Å². The normalized spacial score (nSPS) is 13.4. The van der Waals surface area contributed by atoms with Gasteiger partial charge in [0.05, 0.1) is 0 Å². The first-order valence-electron chi connectivity index (χ1n) is 9.40. The van der Waals surface area contributed by atoms with Gasteiger partial charge >= 0.3 is 0 Å². The summed E-state index contributed by atoms with van der Waals surface area (Å²) in [5, 5.41) is 8.36. The molecule has 0 fully saturated rings. The summed E-state index contributed by atoms with van der Waals surface area (Å²) in [4.78, 5) is 0. The highest BCUT2D eigenvalue weighted by Crippen LogP contribution is 2.21. The zero-order valence-corrected chi connectivity index (χ0v) is 15.0. The minimum absolute atomic E-state index is 0.527. The molecule has 2 aromatic carbocycles. The molecule has 1 aliphatic rings. The molecule has 4 heteroatoms. The van der Waals surface area contributed by atoms with Crippen LogP contribution in [0.5, 0.6) is 5.75 Å². The lowest BCUT2D eigenvalue weighted by Crippen LogP contribution is -2.25. The summed E-state index contributed by atoms with van der Waals surface area (Å²) < 4.78 is 8.15. The van der Waals surface area contributed by atoms with Crippen molar-refractivity contribution in [2.45, 2.75) is 39.0 Å². The van der Waals surface area contributed by atoms with Gasteiger partial charge in [-0.15, -0.1) is 0 Å². The average Bonchev–Trinajstić information content (AvgIpc) is 3.06. The summed E-state index contributed by atoms with van der Waals surface area (Å²) in [7, 11) is 0. The monoisotopic (exact) mass is 347 g/mol. The Morgan fingerprint density at radius 2 is 1.77 bits per heavy atom. The van der Waals surface area contributed by atoms with Gasteiger partial charge in [-0.2, -0.15) is 5.10 Å². The van der Waals surface area contributed by atoms with Crippen LogP contribution in [0, 0.1) is 0 Å². The van der Waals surface area contributed by atoms with Crippen molar-refractivity contribution in [1.82, 2.24) is 15.1 Å². The molecule has 0 bridgehead atoms. The van der Waals surface area contributed by atoms with Gasteiger partial charge in [-0.3, -0.25) is 4.68 Å². The van der Waals surface area contributed by atoms with E-state index in [4.69, 9.17) is 9.84 Å². The van der Waals surface area contributed by atoms with Crippen molar-refractivity contribution >= 4 is 0 Å². The standard InChI is InChI=1S/C22H25N3O/c1-3-8-18(9-4-1)10-7-15-25-22-13-14-23-16-20(22)21(24-25)17-26-19-11-5-2-6-12-19/h1-6,8-9,11-12,23H,7,10,13-17H2. The fourth-order valence-electron chi connectivity index (χ4n) is 3.54. The molecule has 0 amide bonds. The van der Waals surface area contributed by atoms with Crippen LogP contribution in [-0.4, -0.2) is 16.3 Å². The molecule has 0 radical (unpaired) electrons. The highest BCUT2D eigenvalue weighted by molar-refractivity contribution is 5.29. The van der Waals surface area contributed by atoms with Crippen molar-refractivity contribution in [3.05, 3.63) is 83.2 Å². The number of aromatic nitrogens is 2. The predicted octanol–water partition coefficient (Wildman–Crippen LogP) is 3.74. The summed E-state index contributed by atoms with van der Waals surface area (Å²) in [5.41, 5.74) is 5.16. The van der Waals surface area contributed by atoms with Crippen molar-refractivity contribution in [2.24, 2.45) is 0 Å². The third kappa shape index (κ3) is 3.97. The SMILES string of the molecule is c1ccc(CCCn2nc(COc3ccccc3)c3c2CCNC3)cc1. The predicted molar refractivity (Wildman–Crippen MR) is 103 cm³/mol. The first-order valence-corrected chi connectivity index (χ1v) is 9.40. The minimum atomic E-state index is 0.527. The van der Waals surface area contributed by atoms with Crippen LogP contribution >= 0.6 is 0 Å². The van der Waals surface area contributed by atoms with Crippen LogP contribution in [0.15, 0.2) is 60.7 Å². The fraction of sp³-hybridized carbons (Fsp3) is 0.318. The van der Waals surface area contributed by atoms with Crippen LogP contribution < -0.4 is 10.1 Å². The van der Waals surface area contributed by atoms with Gasteiger partial charge in [0.2, 0.25) is 0 Å². The largest absolute Gasteiger partial charge is 0.487 e. The molecule has 4 nitrogen and oxygen atoms in total. The van der Waals surface area contributed by atoms with Crippen LogP contribution in [0.2, 0.25) is 0 Å². The lowest BCUT2D eigenvalue weighted by Gasteiger charge is -2.16. The molecule has 0 saturated heterocycles.